The van der Waals surface area contributed by atoms with E-state index >= 15 is 0 Å². The van der Waals surface area contributed by atoms with Gasteiger partial charge in [0.05, 0.1) is 11.0 Å². The molecule has 178 valence electrons. The lowest BCUT2D eigenvalue weighted by Gasteiger charge is -2.19. The lowest BCUT2D eigenvalue weighted by atomic mass is 9.98. The van der Waals surface area contributed by atoms with Gasteiger partial charge in [-0.25, -0.2) is 13.2 Å². The van der Waals surface area contributed by atoms with Gasteiger partial charge in [0, 0.05) is 18.7 Å². The highest BCUT2D eigenvalue weighted by Crippen LogP contribution is 2.44. The largest absolute Gasteiger partial charge is 0.449 e. The maximum Gasteiger partial charge on any atom is 0.407 e. The van der Waals surface area contributed by atoms with E-state index in [1.807, 2.05) is 36.4 Å². The Bertz CT molecular complexity index is 1240. The summed E-state index contributed by atoms with van der Waals surface area (Å²) < 4.78 is 28.9. The number of hydrogen-bond donors (Lipinski definition) is 3. The molecule has 4 rings (SSSR count). The van der Waals surface area contributed by atoms with Gasteiger partial charge in [-0.05, 0) is 46.4 Å². The Balaban J connectivity index is 1.29. The number of nitrogens with one attached hydrogen (secondary N) is 1. The molecule has 0 heterocycles. The zero-order valence-corrected chi connectivity index (χ0v) is 19.5. The van der Waals surface area contributed by atoms with Crippen LogP contribution in [0.3, 0.4) is 0 Å². The van der Waals surface area contributed by atoms with Crippen molar-refractivity contribution in [2.45, 2.75) is 29.4 Å². The number of fused-ring (bicyclic) bond motifs is 3. The number of ether oxygens (including phenoxy) is 1. The van der Waals surface area contributed by atoms with Gasteiger partial charge in [0.25, 0.3) is 0 Å². The molecule has 8 heteroatoms. The molecule has 2 atom stereocenters. The van der Waals surface area contributed by atoms with Crippen LogP contribution < -0.4 is 5.32 Å². The number of sulfone groups is 1. The second-order valence-corrected chi connectivity index (χ2v) is 10.4. The highest BCUT2D eigenvalue weighted by atomic mass is 32.2. The van der Waals surface area contributed by atoms with Gasteiger partial charge < -0.3 is 20.3 Å². The highest BCUT2D eigenvalue weighted by molar-refractivity contribution is 7.90. The quantitative estimate of drug-likeness (QED) is 0.455. The average Bonchev–Trinajstić information content (AvgIpc) is 3.15. The number of aliphatic hydroxyl groups is 2. The third-order valence-corrected chi connectivity index (χ3v) is 7.16. The molecule has 0 fully saturated rings. The molecule has 34 heavy (non-hydrogen) atoms. The van der Waals surface area contributed by atoms with Crippen molar-refractivity contribution in [2.75, 3.05) is 19.4 Å². The second kappa shape index (κ2) is 9.97. The number of carbonyl (C=O) groups is 1. The maximum atomic E-state index is 12.3. The monoisotopic (exact) mass is 481 g/mol. The molecule has 0 saturated carbocycles. The van der Waals surface area contributed by atoms with Crippen molar-refractivity contribution >= 4 is 15.9 Å². The Morgan fingerprint density at radius 1 is 0.971 bits per heavy atom. The van der Waals surface area contributed by atoms with E-state index in [-0.39, 0.29) is 35.9 Å². The molecule has 7 nitrogen and oxygen atoms in total. The van der Waals surface area contributed by atoms with Crippen molar-refractivity contribution in [3.63, 3.8) is 0 Å². The molecule has 0 aliphatic heterocycles. The fraction of sp³-hybridized carbons (Fsp3) is 0.269. The number of aliphatic hydroxyl groups excluding tert-OH is 2. The van der Waals surface area contributed by atoms with E-state index < -0.39 is 28.1 Å². The van der Waals surface area contributed by atoms with Crippen molar-refractivity contribution in [3.05, 3.63) is 89.5 Å². The molecular formula is C26H27NO6S. The lowest BCUT2D eigenvalue weighted by Crippen LogP contribution is -2.30. The number of rotatable bonds is 8. The van der Waals surface area contributed by atoms with Crippen LogP contribution in [0.4, 0.5) is 4.79 Å². The second-order valence-electron chi connectivity index (χ2n) is 8.40. The topological polar surface area (TPSA) is 113 Å². The van der Waals surface area contributed by atoms with E-state index in [0.29, 0.717) is 0 Å². The summed E-state index contributed by atoms with van der Waals surface area (Å²) in [6.45, 7) is 0.268. The number of amides is 1. The maximum absolute atomic E-state index is 12.3. The number of hydrogen-bond acceptors (Lipinski definition) is 6. The predicted molar refractivity (Wildman–Crippen MR) is 128 cm³/mol. The Morgan fingerprint density at radius 3 is 2.21 bits per heavy atom. The van der Waals surface area contributed by atoms with E-state index in [2.05, 4.69) is 17.4 Å². The van der Waals surface area contributed by atoms with Crippen LogP contribution in [0.5, 0.6) is 0 Å². The summed E-state index contributed by atoms with van der Waals surface area (Å²) in [5, 5.41) is 23.3. The Morgan fingerprint density at radius 2 is 1.59 bits per heavy atom. The molecule has 0 saturated heterocycles. The molecule has 0 bridgehead atoms. The fourth-order valence-electron chi connectivity index (χ4n) is 4.28. The molecular weight excluding hydrogens is 454 g/mol. The molecule has 2 unspecified atom stereocenters. The first-order valence-electron chi connectivity index (χ1n) is 11.0. The standard InChI is InChI=1S/C26H27NO6S/c1-34(31,32)18-8-6-7-17(15-18)25(29)24(28)13-14-27-26(30)33-16-23-21-11-4-2-9-19(21)20-10-3-5-12-22(20)23/h2-12,15,23-25,28-29H,13-14,16H2,1H3,(H,27,30). The third kappa shape index (κ3) is 5.14. The van der Waals surface area contributed by atoms with Gasteiger partial charge in [0.1, 0.15) is 12.7 Å². The zero-order valence-electron chi connectivity index (χ0n) is 18.7. The molecule has 3 aromatic carbocycles. The summed E-state index contributed by atoms with van der Waals surface area (Å²) in [6, 6.07) is 21.9. The van der Waals surface area contributed by atoms with Crippen LogP contribution in [0.2, 0.25) is 0 Å². The van der Waals surface area contributed by atoms with E-state index in [1.54, 1.807) is 6.07 Å². The predicted octanol–water partition coefficient (Wildman–Crippen LogP) is 3.41. The summed E-state index contributed by atoms with van der Waals surface area (Å²) in [6.07, 6.45) is -1.95. The van der Waals surface area contributed by atoms with Crippen molar-refractivity contribution in [1.82, 2.24) is 5.32 Å². The van der Waals surface area contributed by atoms with Gasteiger partial charge >= 0.3 is 6.09 Å². The first-order chi connectivity index (χ1) is 16.3. The first kappa shape index (κ1) is 23.9. The van der Waals surface area contributed by atoms with Crippen LogP contribution in [0, 0.1) is 0 Å². The van der Waals surface area contributed by atoms with Crippen molar-refractivity contribution in [1.29, 1.82) is 0 Å². The Labute approximate surface area is 198 Å². The fourth-order valence-corrected chi connectivity index (χ4v) is 4.96. The Kier molecular flexibility index (Phi) is 7.02. The minimum Gasteiger partial charge on any atom is -0.449 e. The summed E-state index contributed by atoms with van der Waals surface area (Å²) in [4.78, 5) is 12.3. The molecule has 1 amide bonds. The molecule has 3 aromatic rings. The van der Waals surface area contributed by atoms with E-state index in [4.69, 9.17) is 4.74 Å². The van der Waals surface area contributed by atoms with Crippen LogP contribution in [-0.2, 0) is 14.6 Å². The smallest absolute Gasteiger partial charge is 0.407 e. The van der Waals surface area contributed by atoms with Gasteiger partial charge in [0.2, 0.25) is 0 Å². The van der Waals surface area contributed by atoms with Gasteiger partial charge in [-0.3, -0.25) is 0 Å². The minimum absolute atomic E-state index is 0.0484. The lowest BCUT2D eigenvalue weighted by molar-refractivity contribution is 0.0135. The number of benzene rings is 3. The summed E-state index contributed by atoms with van der Waals surface area (Å²) >= 11 is 0. The van der Waals surface area contributed by atoms with Crippen LogP contribution in [0.1, 0.15) is 35.1 Å². The van der Waals surface area contributed by atoms with Crippen molar-refractivity contribution < 1.29 is 28.2 Å². The van der Waals surface area contributed by atoms with E-state index in [1.165, 1.54) is 18.2 Å². The molecule has 0 spiro atoms. The van der Waals surface area contributed by atoms with Crippen LogP contribution in [0.25, 0.3) is 11.1 Å². The highest BCUT2D eigenvalue weighted by Gasteiger charge is 2.29. The molecule has 1 aliphatic carbocycles. The van der Waals surface area contributed by atoms with Crippen LogP contribution >= 0.6 is 0 Å². The van der Waals surface area contributed by atoms with Crippen molar-refractivity contribution in [2.24, 2.45) is 0 Å². The SMILES string of the molecule is CS(=O)(=O)c1cccc(C(O)C(O)CCNC(=O)OCC2c3ccccc3-c3ccccc32)c1. The third-order valence-electron chi connectivity index (χ3n) is 6.05. The van der Waals surface area contributed by atoms with Gasteiger partial charge in [-0.2, -0.15) is 0 Å². The van der Waals surface area contributed by atoms with Gasteiger partial charge in [-0.15, -0.1) is 0 Å². The molecule has 0 radical (unpaired) electrons. The molecule has 0 aromatic heterocycles. The van der Waals surface area contributed by atoms with Crippen LogP contribution in [0.15, 0.2) is 77.7 Å². The summed E-state index contributed by atoms with van der Waals surface area (Å²) in [5.41, 5.74) is 4.81. The van der Waals surface area contributed by atoms with Crippen molar-refractivity contribution in [3.8, 4) is 11.1 Å². The van der Waals surface area contributed by atoms with Gasteiger partial charge in [-0.1, -0.05) is 60.7 Å². The average molecular weight is 482 g/mol. The zero-order chi connectivity index (χ0) is 24.3. The number of carbonyl (C=O) groups excluding carboxylic acids is 1. The number of alkyl carbamates (subject to hydrolysis) is 1. The Hall–Kier alpha value is -3.20. The normalized spacial score (nSPS) is 14.7. The summed E-state index contributed by atoms with van der Waals surface area (Å²) in [5.74, 6) is -0.0484. The molecule has 3 N–H and O–H groups in total. The van der Waals surface area contributed by atoms with E-state index in [9.17, 15) is 23.4 Å². The van der Waals surface area contributed by atoms with E-state index in [0.717, 1.165) is 28.5 Å². The first-order valence-corrected chi connectivity index (χ1v) is 12.9. The minimum atomic E-state index is -3.43. The summed E-state index contributed by atoms with van der Waals surface area (Å²) in [7, 11) is -3.43. The van der Waals surface area contributed by atoms with Crippen LogP contribution in [-0.4, -0.2) is 50.2 Å². The molecule has 1 aliphatic rings. The van der Waals surface area contributed by atoms with Gasteiger partial charge in [0.15, 0.2) is 9.84 Å².